The Morgan fingerprint density at radius 2 is 2.19 bits per heavy atom. The first-order chi connectivity index (χ1) is 12.6. The van der Waals surface area contributed by atoms with Crippen LogP contribution in [0, 0.1) is 17.2 Å². The molecule has 3 heterocycles. The maximum absolute atomic E-state index is 12.3. The molecule has 10 heteroatoms. The van der Waals surface area contributed by atoms with Gasteiger partial charge in [0.15, 0.2) is 24.2 Å². The van der Waals surface area contributed by atoms with Crippen molar-refractivity contribution in [1.29, 1.82) is 5.26 Å². The van der Waals surface area contributed by atoms with Gasteiger partial charge in [0.25, 0.3) is 0 Å². The van der Waals surface area contributed by atoms with Crippen LogP contribution in [0.4, 0.5) is 5.82 Å². The second kappa shape index (κ2) is 6.28. The van der Waals surface area contributed by atoms with Gasteiger partial charge in [-0.1, -0.05) is 13.8 Å². The van der Waals surface area contributed by atoms with E-state index in [-0.39, 0.29) is 29.9 Å². The summed E-state index contributed by atoms with van der Waals surface area (Å²) >= 11 is 0. The van der Waals surface area contributed by atoms with E-state index in [9.17, 15) is 14.9 Å². The highest BCUT2D eigenvalue weighted by Gasteiger charge is 2.61. The minimum Gasteiger partial charge on any atom is -0.461 e. The summed E-state index contributed by atoms with van der Waals surface area (Å²) in [6.07, 6.45) is 0.247. The maximum Gasteiger partial charge on any atom is 0.353 e. The van der Waals surface area contributed by atoms with Crippen molar-refractivity contribution >= 4 is 11.8 Å². The maximum atomic E-state index is 12.3. The van der Waals surface area contributed by atoms with Gasteiger partial charge in [-0.2, -0.15) is 10.2 Å². The molecule has 144 valence electrons. The highest BCUT2D eigenvalue weighted by atomic mass is 16.8. The van der Waals surface area contributed by atoms with Gasteiger partial charge >= 0.3 is 17.4 Å². The van der Waals surface area contributed by atoms with Crippen molar-refractivity contribution in [1.82, 2.24) is 9.55 Å². The SMILES string of the molecule is CC(C)C(=O)OCC1=C2OC(C)(C)OC2[C@](C#N)(n2ccc(N)nc2=O)O1. The number of carbonyl (C=O) groups excluding carboxylic acids is 1. The number of carbonyl (C=O) groups is 1. The zero-order valence-corrected chi connectivity index (χ0v) is 15.4. The van der Waals surface area contributed by atoms with E-state index in [4.69, 9.17) is 24.7 Å². The van der Waals surface area contributed by atoms with E-state index in [1.165, 1.54) is 12.3 Å². The first kappa shape index (κ1) is 18.7. The third-order valence-electron chi connectivity index (χ3n) is 4.06. The fourth-order valence-electron chi connectivity index (χ4n) is 2.82. The van der Waals surface area contributed by atoms with Crippen molar-refractivity contribution in [2.75, 3.05) is 12.3 Å². The number of nitriles is 1. The number of aromatic nitrogens is 2. The Bertz CT molecular complexity index is 913. The van der Waals surface area contributed by atoms with E-state index < -0.39 is 29.3 Å². The number of hydrogen-bond acceptors (Lipinski definition) is 9. The molecule has 2 N–H and O–H groups in total. The van der Waals surface area contributed by atoms with Gasteiger partial charge in [-0.25, -0.2) is 9.36 Å². The molecule has 2 aliphatic rings. The van der Waals surface area contributed by atoms with Crippen LogP contribution >= 0.6 is 0 Å². The molecule has 0 spiro atoms. The Balaban J connectivity index is 2.02. The zero-order chi connectivity index (χ0) is 20.0. The van der Waals surface area contributed by atoms with Gasteiger partial charge in [-0.3, -0.25) is 4.79 Å². The molecule has 0 amide bonds. The van der Waals surface area contributed by atoms with E-state index >= 15 is 0 Å². The molecule has 1 saturated heterocycles. The lowest BCUT2D eigenvalue weighted by molar-refractivity contribution is -0.186. The minimum absolute atomic E-state index is 0.00512. The highest BCUT2D eigenvalue weighted by molar-refractivity contribution is 5.71. The number of anilines is 1. The number of esters is 1. The van der Waals surface area contributed by atoms with Gasteiger partial charge in [0.05, 0.1) is 5.92 Å². The van der Waals surface area contributed by atoms with Gasteiger partial charge in [-0.15, -0.1) is 0 Å². The third-order valence-corrected chi connectivity index (χ3v) is 4.06. The molecule has 0 aromatic carbocycles. The van der Waals surface area contributed by atoms with Crippen molar-refractivity contribution in [2.24, 2.45) is 5.92 Å². The van der Waals surface area contributed by atoms with Crippen LogP contribution in [-0.2, 0) is 29.5 Å². The molecular formula is C17H20N4O6. The second-order valence-electron chi connectivity index (χ2n) is 6.96. The van der Waals surface area contributed by atoms with Crippen molar-refractivity contribution in [3.05, 3.63) is 34.3 Å². The lowest BCUT2D eigenvalue weighted by atomic mass is 10.1. The van der Waals surface area contributed by atoms with E-state index in [2.05, 4.69) is 4.98 Å². The normalized spacial score (nSPS) is 25.6. The number of fused-ring (bicyclic) bond motifs is 1. The summed E-state index contributed by atoms with van der Waals surface area (Å²) in [5.74, 6) is -1.54. The fourth-order valence-corrected chi connectivity index (χ4v) is 2.82. The van der Waals surface area contributed by atoms with Crippen LogP contribution in [0.1, 0.15) is 27.7 Å². The topological polar surface area (TPSA) is 139 Å². The van der Waals surface area contributed by atoms with E-state index in [0.717, 1.165) is 4.57 Å². The highest BCUT2D eigenvalue weighted by Crippen LogP contribution is 2.47. The summed E-state index contributed by atoms with van der Waals surface area (Å²) in [4.78, 5) is 27.8. The summed E-state index contributed by atoms with van der Waals surface area (Å²) in [5.41, 5.74) is 2.84. The molecule has 2 aliphatic heterocycles. The molecule has 0 radical (unpaired) electrons. The molecule has 27 heavy (non-hydrogen) atoms. The van der Waals surface area contributed by atoms with Crippen LogP contribution in [0.5, 0.6) is 0 Å². The lowest BCUT2D eigenvalue weighted by Gasteiger charge is -2.29. The van der Waals surface area contributed by atoms with Gasteiger partial charge in [0.2, 0.25) is 5.79 Å². The van der Waals surface area contributed by atoms with Crippen LogP contribution in [-0.4, -0.2) is 34.0 Å². The number of ether oxygens (including phenoxy) is 4. The number of nitrogens with zero attached hydrogens (tertiary/aromatic N) is 3. The predicted octanol–water partition coefficient (Wildman–Crippen LogP) is 0.594. The largest absolute Gasteiger partial charge is 0.461 e. The molecule has 3 rings (SSSR count). The molecule has 0 saturated carbocycles. The number of hydrogen-bond donors (Lipinski definition) is 1. The van der Waals surface area contributed by atoms with E-state index in [0.29, 0.717) is 0 Å². The fraction of sp³-hybridized carbons (Fsp3) is 0.529. The van der Waals surface area contributed by atoms with Crippen molar-refractivity contribution in [3.8, 4) is 6.07 Å². The average molecular weight is 376 g/mol. The Labute approximate surface area is 155 Å². The van der Waals surface area contributed by atoms with Crippen LogP contribution < -0.4 is 11.4 Å². The minimum atomic E-state index is -1.90. The van der Waals surface area contributed by atoms with E-state index in [1.54, 1.807) is 27.7 Å². The van der Waals surface area contributed by atoms with Crippen LogP contribution in [0.2, 0.25) is 0 Å². The van der Waals surface area contributed by atoms with Gasteiger partial charge in [0, 0.05) is 20.0 Å². The molecule has 10 nitrogen and oxygen atoms in total. The molecular weight excluding hydrogens is 356 g/mol. The Hall–Kier alpha value is -3.06. The predicted molar refractivity (Wildman–Crippen MR) is 90.4 cm³/mol. The average Bonchev–Trinajstić information content (AvgIpc) is 3.04. The number of rotatable bonds is 4. The summed E-state index contributed by atoms with van der Waals surface area (Å²) in [7, 11) is 0. The molecule has 1 fully saturated rings. The van der Waals surface area contributed by atoms with E-state index in [1.807, 2.05) is 6.07 Å². The van der Waals surface area contributed by atoms with Gasteiger partial charge in [-0.05, 0) is 6.07 Å². The smallest absolute Gasteiger partial charge is 0.353 e. The molecule has 1 aromatic rings. The van der Waals surface area contributed by atoms with Crippen molar-refractivity contribution in [3.63, 3.8) is 0 Å². The molecule has 1 unspecified atom stereocenters. The molecule has 0 bridgehead atoms. The van der Waals surface area contributed by atoms with Crippen LogP contribution in [0.25, 0.3) is 0 Å². The number of nitrogens with two attached hydrogens (primary N) is 1. The summed E-state index contributed by atoms with van der Waals surface area (Å²) in [6, 6.07) is 3.34. The quantitative estimate of drug-likeness (QED) is 0.748. The van der Waals surface area contributed by atoms with Gasteiger partial charge in [0.1, 0.15) is 11.9 Å². The van der Waals surface area contributed by atoms with Crippen LogP contribution in [0.15, 0.2) is 28.6 Å². The zero-order valence-electron chi connectivity index (χ0n) is 15.4. The standard InChI is InChI=1S/C17H20N4O6/c1-9(2)14(22)24-7-10-12-13(27-16(3,4)26-12)17(8-18,25-10)21-6-5-11(19)20-15(21)23/h5-6,9,13H,7H2,1-4H3,(H2,19,20,23)/t13?,17-/m1/s1. The Morgan fingerprint density at radius 1 is 1.48 bits per heavy atom. The summed E-state index contributed by atoms with van der Waals surface area (Å²) < 4.78 is 23.5. The first-order valence-electron chi connectivity index (χ1n) is 8.32. The first-order valence-corrected chi connectivity index (χ1v) is 8.32. The molecule has 0 aliphatic carbocycles. The van der Waals surface area contributed by atoms with Crippen molar-refractivity contribution < 1.29 is 23.7 Å². The van der Waals surface area contributed by atoms with Crippen LogP contribution in [0.3, 0.4) is 0 Å². The second-order valence-corrected chi connectivity index (χ2v) is 6.96. The Kier molecular flexibility index (Phi) is 4.35. The summed E-state index contributed by atoms with van der Waals surface area (Å²) in [5, 5.41) is 9.90. The van der Waals surface area contributed by atoms with Gasteiger partial charge < -0.3 is 24.7 Å². The third kappa shape index (κ3) is 3.10. The lowest BCUT2D eigenvalue weighted by Crippen LogP contribution is -2.49. The molecule has 1 aromatic heterocycles. The molecule has 2 atom stereocenters. The monoisotopic (exact) mass is 376 g/mol. The Morgan fingerprint density at radius 3 is 2.78 bits per heavy atom. The van der Waals surface area contributed by atoms with Crippen molar-refractivity contribution in [2.45, 2.75) is 45.3 Å². The number of nitrogen functional groups attached to an aromatic ring is 1. The summed E-state index contributed by atoms with van der Waals surface area (Å²) in [6.45, 7) is 6.43.